The molecule has 2 nitrogen and oxygen atoms in total. The predicted molar refractivity (Wildman–Crippen MR) is 35.0 cm³/mol. The highest BCUT2D eigenvalue weighted by atomic mass is 16.3. The minimum atomic E-state index is -0.323. The van der Waals surface area contributed by atoms with E-state index >= 15 is 0 Å². The zero-order chi connectivity index (χ0) is 6.69. The van der Waals surface area contributed by atoms with Gasteiger partial charge in [0.15, 0.2) is 0 Å². The van der Waals surface area contributed by atoms with Gasteiger partial charge in [-0.25, -0.2) is 0 Å². The van der Waals surface area contributed by atoms with Crippen molar-refractivity contribution in [3.63, 3.8) is 0 Å². The Morgan fingerprint density at radius 1 is 1.56 bits per heavy atom. The van der Waals surface area contributed by atoms with E-state index in [1.165, 1.54) is 0 Å². The van der Waals surface area contributed by atoms with Crippen molar-refractivity contribution >= 4 is 0 Å². The van der Waals surface area contributed by atoms with Crippen molar-refractivity contribution in [2.75, 3.05) is 6.61 Å². The quantitative estimate of drug-likeness (QED) is 0.499. The van der Waals surface area contributed by atoms with Crippen LogP contribution in [0.4, 0.5) is 0 Å². The van der Waals surface area contributed by atoms with E-state index in [4.69, 9.17) is 10.2 Å². The third-order valence-corrected chi connectivity index (χ3v) is 1.66. The zero-order valence-corrected chi connectivity index (χ0v) is 5.33. The molecule has 2 heteroatoms. The Balaban J connectivity index is 2.38. The van der Waals surface area contributed by atoms with Crippen LogP contribution in [0.15, 0.2) is 12.2 Å². The van der Waals surface area contributed by atoms with E-state index in [1.807, 2.05) is 6.08 Å². The van der Waals surface area contributed by atoms with Crippen molar-refractivity contribution in [2.45, 2.75) is 18.9 Å². The first-order valence-corrected chi connectivity index (χ1v) is 3.28. The second-order valence-corrected chi connectivity index (χ2v) is 2.52. The molecule has 0 aromatic carbocycles. The molecule has 1 aliphatic rings. The van der Waals surface area contributed by atoms with Gasteiger partial charge in [0.25, 0.3) is 0 Å². The van der Waals surface area contributed by atoms with Crippen LogP contribution in [0.25, 0.3) is 0 Å². The van der Waals surface area contributed by atoms with E-state index in [0.717, 1.165) is 6.42 Å². The van der Waals surface area contributed by atoms with Gasteiger partial charge in [-0.05, 0) is 18.8 Å². The number of rotatable bonds is 1. The molecule has 0 heterocycles. The van der Waals surface area contributed by atoms with Crippen molar-refractivity contribution < 1.29 is 10.2 Å². The van der Waals surface area contributed by atoms with E-state index < -0.39 is 0 Å². The van der Waals surface area contributed by atoms with Gasteiger partial charge in [0, 0.05) is 6.61 Å². The number of hydrogen-bond acceptors (Lipinski definition) is 2. The lowest BCUT2D eigenvalue weighted by Crippen LogP contribution is -2.17. The van der Waals surface area contributed by atoms with E-state index in [0.29, 0.717) is 6.42 Å². The minimum absolute atomic E-state index is 0.196. The minimum Gasteiger partial charge on any atom is -0.396 e. The number of hydrogen-bond donors (Lipinski definition) is 2. The smallest absolute Gasteiger partial charge is 0.0724 e. The number of aliphatic hydroxyl groups excluding tert-OH is 2. The summed E-state index contributed by atoms with van der Waals surface area (Å²) in [5.74, 6) is 0.282. The Morgan fingerprint density at radius 3 is 2.78 bits per heavy atom. The van der Waals surface area contributed by atoms with Crippen molar-refractivity contribution in [3.05, 3.63) is 12.2 Å². The van der Waals surface area contributed by atoms with Gasteiger partial charge in [-0.2, -0.15) is 0 Å². The third kappa shape index (κ3) is 1.80. The highest BCUT2D eigenvalue weighted by Crippen LogP contribution is 2.17. The molecule has 0 aromatic rings. The monoisotopic (exact) mass is 128 g/mol. The molecule has 1 rings (SSSR count). The molecule has 2 atom stereocenters. The summed E-state index contributed by atoms with van der Waals surface area (Å²) in [6, 6.07) is 0. The van der Waals surface area contributed by atoms with Crippen molar-refractivity contribution in [3.8, 4) is 0 Å². The van der Waals surface area contributed by atoms with Gasteiger partial charge in [0.2, 0.25) is 0 Å². The van der Waals surface area contributed by atoms with Crippen LogP contribution in [0.5, 0.6) is 0 Å². The zero-order valence-electron chi connectivity index (χ0n) is 5.33. The maximum atomic E-state index is 9.01. The second kappa shape index (κ2) is 2.99. The maximum Gasteiger partial charge on any atom is 0.0724 e. The summed E-state index contributed by atoms with van der Waals surface area (Å²) in [4.78, 5) is 0. The van der Waals surface area contributed by atoms with Crippen molar-refractivity contribution in [1.82, 2.24) is 0 Å². The molecule has 0 fully saturated rings. The first kappa shape index (κ1) is 6.78. The van der Waals surface area contributed by atoms with Crippen LogP contribution in [0, 0.1) is 5.92 Å². The average Bonchev–Trinajstić information content (AvgIpc) is 1.88. The molecule has 0 saturated carbocycles. The average molecular weight is 128 g/mol. The van der Waals surface area contributed by atoms with Gasteiger partial charge in [-0.1, -0.05) is 12.2 Å². The van der Waals surface area contributed by atoms with Gasteiger partial charge in [-0.15, -0.1) is 0 Å². The van der Waals surface area contributed by atoms with E-state index in [-0.39, 0.29) is 18.6 Å². The highest BCUT2D eigenvalue weighted by Gasteiger charge is 2.13. The second-order valence-electron chi connectivity index (χ2n) is 2.52. The fourth-order valence-electron chi connectivity index (χ4n) is 1.09. The highest BCUT2D eigenvalue weighted by molar-refractivity contribution is 4.96. The van der Waals surface area contributed by atoms with Crippen molar-refractivity contribution in [1.29, 1.82) is 0 Å². The van der Waals surface area contributed by atoms with Crippen LogP contribution in [0.3, 0.4) is 0 Å². The summed E-state index contributed by atoms with van der Waals surface area (Å²) in [5, 5.41) is 17.7. The van der Waals surface area contributed by atoms with E-state index in [1.54, 1.807) is 6.08 Å². The maximum absolute atomic E-state index is 9.01. The fraction of sp³-hybridized carbons (Fsp3) is 0.714. The summed E-state index contributed by atoms with van der Waals surface area (Å²) in [6.07, 6.45) is 5.01. The fourth-order valence-corrected chi connectivity index (χ4v) is 1.09. The molecule has 0 radical (unpaired) electrons. The molecule has 0 aromatic heterocycles. The number of allylic oxidation sites excluding steroid dienone is 1. The van der Waals surface area contributed by atoms with Gasteiger partial charge in [0.1, 0.15) is 0 Å². The van der Waals surface area contributed by atoms with Crippen LogP contribution >= 0.6 is 0 Å². The Bertz CT molecular complexity index is 109. The van der Waals surface area contributed by atoms with Crippen LogP contribution < -0.4 is 0 Å². The van der Waals surface area contributed by atoms with Crippen LogP contribution in [0.2, 0.25) is 0 Å². The summed E-state index contributed by atoms with van der Waals surface area (Å²) < 4.78 is 0. The molecule has 2 N–H and O–H groups in total. The summed E-state index contributed by atoms with van der Waals surface area (Å²) in [7, 11) is 0. The normalized spacial score (nSPS) is 34.9. The Morgan fingerprint density at radius 2 is 2.33 bits per heavy atom. The topological polar surface area (TPSA) is 40.5 Å². The van der Waals surface area contributed by atoms with Crippen LogP contribution in [0.1, 0.15) is 12.8 Å². The summed E-state index contributed by atoms with van der Waals surface area (Å²) in [5.41, 5.74) is 0. The molecule has 0 spiro atoms. The molecule has 0 aliphatic heterocycles. The Kier molecular flexibility index (Phi) is 2.25. The lowest BCUT2D eigenvalue weighted by Gasteiger charge is -2.18. The largest absolute Gasteiger partial charge is 0.396 e. The molecule has 0 bridgehead atoms. The molecular weight excluding hydrogens is 116 g/mol. The SMILES string of the molecule is OC[C@@H]1CC=C[C@H](O)C1. The first-order chi connectivity index (χ1) is 4.33. The van der Waals surface area contributed by atoms with Crippen LogP contribution in [-0.2, 0) is 0 Å². The molecule has 9 heavy (non-hydrogen) atoms. The van der Waals surface area contributed by atoms with Gasteiger partial charge in [0.05, 0.1) is 6.10 Å². The predicted octanol–water partition coefficient (Wildman–Crippen LogP) is 0.306. The molecule has 0 amide bonds. The Labute approximate surface area is 54.8 Å². The summed E-state index contributed by atoms with van der Waals surface area (Å²) >= 11 is 0. The molecular formula is C7H12O2. The Hall–Kier alpha value is -0.340. The lowest BCUT2D eigenvalue weighted by atomic mass is 9.94. The molecule has 0 saturated heterocycles. The molecule has 0 unspecified atom stereocenters. The van der Waals surface area contributed by atoms with Gasteiger partial charge < -0.3 is 10.2 Å². The lowest BCUT2D eigenvalue weighted by molar-refractivity contribution is 0.139. The molecule has 52 valence electrons. The van der Waals surface area contributed by atoms with E-state index in [2.05, 4.69) is 0 Å². The van der Waals surface area contributed by atoms with Gasteiger partial charge >= 0.3 is 0 Å². The molecule has 1 aliphatic carbocycles. The van der Waals surface area contributed by atoms with E-state index in [9.17, 15) is 0 Å². The van der Waals surface area contributed by atoms with Gasteiger partial charge in [-0.3, -0.25) is 0 Å². The number of aliphatic hydroxyl groups is 2. The van der Waals surface area contributed by atoms with Crippen molar-refractivity contribution in [2.24, 2.45) is 5.92 Å². The standard InChI is InChI=1S/C7H12O2/c8-5-6-2-1-3-7(9)4-6/h1,3,6-9H,2,4-5H2/t6-,7+/m1/s1. The third-order valence-electron chi connectivity index (χ3n) is 1.66. The first-order valence-electron chi connectivity index (χ1n) is 3.28. The summed E-state index contributed by atoms with van der Waals surface area (Å²) in [6.45, 7) is 0.196. The van der Waals surface area contributed by atoms with Crippen LogP contribution in [-0.4, -0.2) is 22.9 Å².